The number of benzene rings is 1. The van der Waals surface area contributed by atoms with E-state index in [1.54, 1.807) is 34.1 Å². The van der Waals surface area contributed by atoms with Gasteiger partial charge in [0.05, 0.1) is 5.92 Å². The molecule has 1 atom stereocenters. The Morgan fingerprint density at radius 2 is 1.83 bits per heavy atom. The zero-order valence-electron chi connectivity index (χ0n) is 13.8. The van der Waals surface area contributed by atoms with Crippen LogP contribution in [0.3, 0.4) is 0 Å². The quantitative estimate of drug-likeness (QED) is 0.901. The lowest BCUT2D eigenvalue weighted by atomic mass is 10.1. The van der Waals surface area contributed by atoms with Crippen molar-refractivity contribution in [3.05, 3.63) is 24.3 Å². The molecule has 6 heteroatoms. The van der Waals surface area contributed by atoms with Gasteiger partial charge in [-0.05, 0) is 38.1 Å². The molecule has 0 radical (unpaired) electrons. The molecular formula is C17H23N3O3. The fraction of sp³-hybridized carbons (Fsp3) is 0.471. The molecule has 3 amide bonds. The smallest absolute Gasteiger partial charge is 0.227 e. The maximum Gasteiger partial charge on any atom is 0.227 e. The van der Waals surface area contributed by atoms with Crippen LogP contribution in [-0.2, 0) is 14.4 Å². The number of rotatable bonds is 5. The van der Waals surface area contributed by atoms with E-state index in [1.807, 2.05) is 13.8 Å². The summed E-state index contributed by atoms with van der Waals surface area (Å²) >= 11 is 0. The van der Waals surface area contributed by atoms with Crippen molar-refractivity contribution >= 4 is 29.1 Å². The number of hydrogen-bond acceptors (Lipinski definition) is 3. The minimum atomic E-state index is -0.280. The Labute approximate surface area is 136 Å². The minimum absolute atomic E-state index is 0.0391. The van der Waals surface area contributed by atoms with Gasteiger partial charge in [-0.1, -0.05) is 0 Å². The van der Waals surface area contributed by atoms with Crippen LogP contribution in [0.4, 0.5) is 11.4 Å². The Kier molecular flexibility index (Phi) is 5.36. The van der Waals surface area contributed by atoms with E-state index in [2.05, 4.69) is 5.32 Å². The van der Waals surface area contributed by atoms with Crippen molar-refractivity contribution in [2.45, 2.75) is 27.2 Å². The van der Waals surface area contributed by atoms with Gasteiger partial charge in [-0.2, -0.15) is 0 Å². The number of nitrogens with zero attached hydrogens (tertiary/aromatic N) is 2. The van der Waals surface area contributed by atoms with Gasteiger partial charge in [0.2, 0.25) is 17.7 Å². The van der Waals surface area contributed by atoms with Gasteiger partial charge < -0.3 is 15.1 Å². The van der Waals surface area contributed by atoms with Crippen molar-refractivity contribution in [2.24, 2.45) is 5.92 Å². The van der Waals surface area contributed by atoms with Crippen molar-refractivity contribution in [3.8, 4) is 0 Å². The van der Waals surface area contributed by atoms with Crippen LogP contribution < -0.4 is 10.2 Å². The highest BCUT2D eigenvalue weighted by Crippen LogP contribution is 2.27. The first-order valence-electron chi connectivity index (χ1n) is 7.93. The standard InChI is InChI=1S/C17H23N3O3/c1-4-19(5-2)17(23)13-10-16(22)20(11-13)15-8-6-14(7-9-15)18-12(3)21/h6-9,13H,4-5,10-11H2,1-3H3,(H,18,21). The fourth-order valence-electron chi connectivity index (χ4n) is 2.84. The Hall–Kier alpha value is -2.37. The summed E-state index contributed by atoms with van der Waals surface area (Å²) < 4.78 is 0. The lowest BCUT2D eigenvalue weighted by Crippen LogP contribution is -2.37. The molecule has 1 aromatic carbocycles. The third-order valence-electron chi connectivity index (χ3n) is 4.05. The third-order valence-corrected chi connectivity index (χ3v) is 4.05. The molecule has 0 bridgehead atoms. The van der Waals surface area contributed by atoms with Gasteiger partial charge in [0.15, 0.2) is 0 Å². The number of hydrogen-bond donors (Lipinski definition) is 1. The number of carbonyl (C=O) groups excluding carboxylic acids is 3. The SMILES string of the molecule is CCN(CC)C(=O)C1CC(=O)N(c2ccc(NC(C)=O)cc2)C1. The van der Waals surface area contributed by atoms with Crippen molar-refractivity contribution in [2.75, 3.05) is 29.9 Å². The first kappa shape index (κ1) is 17.0. The topological polar surface area (TPSA) is 69.7 Å². The molecule has 0 spiro atoms. The van der Waals surface area contributed by atoms with Gasteiger partial charge in [0, 0.05) is 44.4 Å². The van der Waals surface area contributed by atoms with Crippen LogP contribution in [0.25, 0.3) is 0 Å². The summed E-state index contributed by atoms with van der Waals surface area (Å²) in [6.45, 7) is 7.05. The largest absolute Gasteiger partial charge is 0.343 e. The summed E-state index contributed by atoms with van der Waals surface area (Å²) in [5.74, 6) is -0.416. The van der Waals surface area contributed by atoms with Gasteiger partial charge in [-0.25, -0.2) is 0 Å². The predicted octanol–water partition coefficient (Wildman–Crippen LogP) is 1.87. The molecule has 0 aliphatic carbocycles. The zero-order chi connectivity index (χ0) is 17.0. The highest BCUT2D eigenvalue weighted by Gasteiger charge is 2.36. The first-order chi connectivity index (χ1) is 11.0. The molecule has 1 aromatic rings. The van der Waals surface area contributed by atoms with E-state index < -0.39 is 0 Å². The Bertz CT molecular complexity index is 594. The lowest BCUT2D eigenvalue weighted by molar-refractivity contribution is -0.135. The molecule has 1 N–H and O–H groups in total. The molecule has 1 unspecified atom stereocenters. The fourth-order valence-corrected chi connectivity index (χ4v) is 2.84. The van der Waals surface area contributed by atoms with Crippen LogP contribution >= 0.6 is 0 Å². The summed E-state index contributed by atoms with van der Waals surface area (Å²) in [5.41, 5.74) is 1.43. The lowest BCUT2D eigenvalue weighted by Gasteiger charge is -2.22. The number of carbonyl (C=O) groups is 3. The summed E-state index contributed by atoms with van der Waals surface area (Å²) in [4.78, 5) is 39.1. The van der Waals surface area contributed by atoms with Crippen LogP contribution in [0.5, 0.6) is 0 Å². The average Bonchev–Trinajstić information content (AvgIpc) is 2.90. The summed E-state index contributed by atoms with van der Waals surface area (Å²) in [6.07, 6.45) is 0.253. The van der Waals surface area contributed by atoms with E-state index in [9.17, 15) is 14.4 Å². The van der Waals surface area contributed by atoms with Gasteiger partial charge >= 0.3 is 0 Å². The van der Waals surface area contributed by atoms with Crippen molar-refractivity contribution in [3.63, 3.8) is 0 Å². The van der Waals surface area contributed by atoms with E-state index in [1.165, 1.54) is 6.92 Å². The second-order valence-corrected chi connectivity index (χ2v) is 5.64. The van der Waals surface area contributed by atoms with Gasteiger partial charge in [0.1, 0.15) is 0 Å². The Morgan fingerprint density at radius 3 is 2.35 bits per heavy atom. The van der Waals surface area contributed by atoms with Gasteiger partial charge in [0.25, 0.3) is 0 Å². The molecule has 2 rings (SSSR count). The molecule has 0 saturated carbocycles. The van der Waals surface area contributed by atoms with Gasteiger partial charge in [-0.3, -0.25) is 14.4 Å². The van der Waals surface area contributed by atoms with E-state index in [0.717, 1.165) is 5.69 Å². The molecule has 1 saturated heterocycles. The normalized spacial score (nSPS) is 17.3. The van der Waals surface area contributed by atoms with Crippen molar-refractivity contribution in [1.29, 1.82) is 0 Å². The molecule has 1 aliphatic heterocycles. The molecule has 23 heavy (non-hydrogen) atoms. The minimum Gasteiger partial charge on any atom is -0.343 e. The summed E-state index contributed by atoms with van der Waals surface area (Å²) in [5, 5.41) is 2.69. The highest BCUT2D eigenvalue weighted by atomic mass is 16.2. The van der Waals surface area contributed by atoms with Crippen LogP contribution in [0, 0.1) is 5.92 Å². The molecular weight excluding hydrogens is 294 g/mol. The molecule has 1 heterocycles. The van der Waals surface area contributed by atoms with Crippen LogP contribution in [-0.4, -0.2) is 42.3 Å². The number of amides is 3. The number of anilines is 2. The van der Waals surface area contributed by atoms with Gasteiger partial charge in [-0.15, -0.1) is 0 Å². The second kappa shape index (κ2) is 7.26. The van der Waals surface area contributed by atoms with Crippen molar-refractivity contribution in [1.82, 2.24) is 4.90 Å². The monoisotopic (exact) mass is 317 g/mol. The van der Waals surface area contributed by atoms with E-state index in [-0.39, 0.29) is 30.1 Å². The Morgan fingerprint density at radius 1 is 1.22 bits per heavy atom. The van der Waals surface area contributed by atoms with E-state index >= 15 is 0 Å². The third kappa shape index (κ3) is 3.88. The van der Waals surface area contributed by atoms with E-state index in [4.69, 9.17) is 0 Å². The summed E-state index contributed by atoms with van der Waals surface area (Å²) in [6, 6.07) is 7.08. The molecule has 6 nitrogen and oxygen atoms in total. The van der Waals surface area contributed by atoms with Crippen LogP contribution in [0.15, 0.2) is 24.3 Å². The zero-order valence-corrected chi connectivity index (χ0v) is 13.8. The Balaban J connectivity index is 2.08. The predicted molar refractivity (Wildman–Crippen MR) is 89.1 cm³/mol. The van der Waals surface area contributed by atoms with Crippen molar-refractivity contribution < 1.29 is 14.4 Å². The van der Waals surface area contributed by atoms with Crippen LogP contribution in [0.2, 0.25) is 0 Å². The molecule has 1 aliphatic rings. The first-order valence-corrected chi connectivity index (χ1v) is 7.93. The molecule has 1 fully saturated rings. The van der Waals surface area contributed by atoms with E-state index in [0.29, 0.717) is 25.3 Å². The molecule has 124 valence electrons. The average molecular weight is 317 g/mol. The highest BCUT2D eigenvalue weighted by molar-refractivity contribution is 6.00. The maximum absolute atomic E-state index is 12.4. The molecule has 0 aromatic heterocycles. The van der Waals surface area contributed by atoms with Crippen LogP contribution in [0.1, 0.15) is 27.2 Å². The second-order valence-electron chi connectivity index (χ2n) is 5.64. The number of nitrogens with one attached hydrogen (secondary N) is 1. The maximum atomic E-state index is 12.4. The summed E-state index contributed by atoms with van der Waals surface area (Å²) in [7, 11) is 0.